The molecular formula is C15H21NO. The van der Waals surface area contributed by atoms with Gasteiger partial charge < -0.3 is 10.4 Å². The van der Waals surface area contributed by atoms with Crippen molar-refractivity contribution in [3.63, 3.8) is 0 Å². The summed E-state index contributed by atoms with van der Waals surface area (Å²) in [7, 11) is 0. The Kier molecular flexibility index (Phi) is 2.96. The summed E-state index contributed by atoms with van der Waals surface area (Å²) in [6.07, 6.45) is 8.31. The molecule has 0 saturated heterocycles. The average Bonchev–Trinajstić information content (AvgIpc) is 3.13. The Labute approximate surface area is 103 Å². The van der Waals surface area contributed by atoms with Crippen LogP contribution in [0.5, 0.6) is 5.75 Å². The molecule has 2 atom stereocenters. The van der Waals surface area contributed by atoms with E-state index in [2.05, 4.69) is 5.32 Å². The fourth-order valence-corrected chi connectivity index (χ4v) is 3.19. The number of aromatic hydroxyl groups is 1. The number of hydrogen-bond acceptors (Lipinski definition) is 2. The number of hydrogen-bond donors (Lipinski definition) is 2. The third-order valence-corrected chi connectivity index (χ3v) is 4.22. The van der Waals surface area contributed by atoms with E-state index in [0.29, 0.717) is 11.8 Å². The Morgan fingerprint density at radius 3 is 2.71 bits per heavy atom. The molecule has 1 aromatic carbocycles. The lowest BCUT2D eigenvalue weighted by atomic mass is 9.82. The summed E-state index contributed by atoms with van der Waals surface area (Å²) in [5.74, 6) is 2.34. The van der Waals surface area contributed by atoms with E-state index >= 15 is 0 Å². The Morgan fingerprint density at radius 1 is 1.06 bits per heavy atom. The number of phenols is 1. The quantitative estimate of drug-likeness (QED) is 0.830. The summed E-state index contributed by atoms with van der Waals surface area (Å²) in [5, 5.41) is 13.0. The molecule has 0 heterocycles. The molecule has 0 aromatic heterocycles. The van der Waals surface area contributed by atoms with E-state index in [4.69, 9.17) is 0 Å². The molecule has 2 fully saturated rings. The normalized spacial score (nSPS) is 28.9. The van der Waals surface area contributed by atoms with Crippen LogP contribution in [0.15, 0.2) is 24.3 Å². The van der Waals surface area contributed by atoms with Gasteiger partial charge in [0.05, 0.1) is 0 Å². The molecule has 0 radical (unpaired) electrons. The fourth-order valence-electron chi connectivity index (χ4n) is 3.19. The largest absolute Gasteiger partial charge is 0.508 e. The zero-order valence-electron chi connectivity index (χ0n) is 10.2. The van der Waals surface area contributed by atoms with Gasteiger partial charge in [-0.25, -0.2) is 0 Å². The molecule has 2 nitrogen and oxygen atoms in total. The maximum Gasteiger partial charge on any atom is 0.117 e. The molecule has 0 spiro atoms. The SMILES string of the molecule is Oc1cccc(NC2CCCC(C3CC3)C2)c1. The van der Waals surface area contributed by atoms with E-state index in [1.807, 2.05) is 18.2 Å². The van der Waals surface area contributed by atoms with Crippen LogP contribution in [-0.4, -0.2) is 11.1 Å². The third-order valence-electron chi connectivity index (χ3n) is 4.22. The van der Waals surface area contributed by atoms with Gasteiger partial charge in [-0.2, -0.15) is 0 Å². The molecule has 2 saturated carbocycles. The van der Waals surface area contributed by atoms with Crippen molar-refractivity contribution in [2.45, 2.75) is 44.6 Å². The van der Waals surface area contributed by atoms with E-state index in [0.717, 1.165) is 17.5 Å². The van der Waals surface area contributed by atoms with Gasteiger partial charge in [-0.05, 0) is 49.7 Å². The van der Waals surface area contributed by atoms with Gasteiger partial charge in [0, 0.05) is 17.8 Å². The summed E-state index contributed by atoms with van der Waals surface area (Å²) in [6, 6.07) is 8.09. The van der Waals surface area contributed by atoms with Gasteiger partial charge in [0.1, 0.15) is 5.75 Å². The molecular weight excluding hydrogens is 210 g/mol. The fraction of sp³-hybridized carbons (Fsp3) is 0.600. The maximum atomic E-state index is 9.45. The van der Waals surface area contributed by atoms with Crippen molar-refractivity contribution >= 4 is 5.69 Å². The van der Waals surface area contributed by atoms with Gasteiger partial charge in [0.25, 0.3) is 0 Å². The number of rotatable bonds is 3. The van der Waals surface area contributed by atoms with Crippen LogP contribution in [0.3, 0.4) is 0 Å². The third kappa shape index (κ3) is 2.74. The maximum absolute atomic E-state index is 9.45. The van der Waals surface area contributed by atoms with Crippen molar-refractivity contribution in [2.75, 3.05) is 5.32 Å². The molecule has 17 heavy (non-hydrogen) atoms. The molecule has 2 heteroatoms. The number of phenolic OH excluding ortho intramolecular Hbond substituents is 1. The van der Waals surface area contributed by atoms with Crippen molar-refractivity contribution < 1.29 is 5.11 Å². The highest BCUT2D eigenvalue weighted by molar-refractivity contribution is 5.48. The first kappa shape index (κ1) is 10.9. The predicted octanol–water partition coefficient (Wildman–Crippen LogP) is 3.77. The number of anilines is 1. The molecule has 2 aliphatic rings. The lowest BCUT2D eigenvalue weighted by Crippen LogP contribution is -2.28. The molecule has 2 N–H and O–H groups in total. The standard InChI is InChI=1S/C15H21NO/c17-15-6-2-5-14(10-15)16-13-4-1-3-12(9-13)11-7-8-11/h2,5-6,10-13,16-17H,1,3-4,7-9H2. The van der Waals surface area contributed by atoms with E-state index in [1.54, 1.807) is 6.07 Å². The molecule has 0 aliphatic heterocycles. The van der Waals surface area contributed by atoms with Crippen LogP contribution in [-0.2, 0) is 0 Å². The van der Waals surface area contributed by atoms with Gasteiger partial charge in [-0.15, -0.1) is 0 Å². The molecule has 92 valence electrons. The average molecular weight is 231 g/mol. The van der Waals surface area contributed by atoms with E-state index in [-0.39, 0.29) is 0 Å². The zero-order valence-corrected chi connectivity index (χ0v) is 10.2. The lowest BCUT2D eigenvalue weighted by molar-refractivity contribution is 0.303. The summed E-state index contributed by atoms with van der Waals surface area (Å²) in [6.45, 7) is 0. The highest BCUT2D eigenvalue weighted by atomic mass is 16.3. The van der Waals surface area contributed by atoms with Crippen molar-refractivity contribution in [3.8, 4) is 5.75 Å². The zero-order chi connectivity index (χ0) is 11.7. The Morgan fingerprint density at radius 2 is 1.94 bits per heavy atom. The highest BCUT2D eigenvalue weighted by Gasteiger charge is 2.34. The molecule has 2 unspecified atom stereocenters. The van der Waals surface area contributed by atoms with Crippen molar-refractivity contribution in [3.05, 3.63) is 24.3 Å². The van der Waals surface area contributed by atoms with Gasteiger partial charge in [-0.3, -0.25) is 0 Å². The molecule has 2 aliphatic carbocycles. The van der Waals surface area contributed by atoms with E-state index in [9.17, 15) is 5.11 Å². The first-order valence-corrected chi connectivity index (χ1v) is 6.87. The molecule has 0 amide bonds. The first-order chi connectivity index (χ1) is 8.31. The Balaban J connectivity index is 1.60. The molecule has 0 bridgehead atoms. The van der Waals surface area contributed by atoms with E-state index < -0.39 is 0 Å². The predicted molar refractivity (Wildman–Crippen MR) is 70.2 cm³/mol. The molecule has 1 aromatic rings. The summed E-state index contributed by atoms with van der Waals surface area (Å²) < 4.78 is 0. The summed E-state index contributed by atoms with van der Waals surface area (Å²) in [5.41, 5.74) is 1.06. The van der Waals surface area contributed by atoms with Gasteiger partial charge >= 0.3 is 0 Å². The second-order valence-corrected chi connectivity index (χ2v) is 5.66. The first-order valence-electron chi connectivity index (χ1n) is 6.87. The van der Waals surface area contributed by atoms with Gasteiger partial charge in [0.15, 0.2) is 0 Å². The van der Waals surface area contributed by atoms with Crippen LogP contribution in [0.2, 0.25) is 0 Å². The van der Waals surface area contributed by atoms with Crippen LogP contribution in [0.1, 0.15) is 38.5 Å². The van der Waals surface area contributed by atoms with Crippen LogP contribution in [0.4, 0.5) is 5.69 Å². The van der Waals surface area contributed by atoms with Crippen LogP contribution in [0, 0.1) is 11.8 Å². The van der Waals surface area contributed by atoms with Crippen LogP contribution < -0.4 is 5.32 Å². The van der Waals surface area contributed by atoms with Crippen LogP contribution >= 0.6 is 0 Å². The Bertz CT molecular complexity index is 386. The number of benzene rings is 1. The van der Waals surface area contributed by atoms with Crippen molar-refractivity contribution in [2.24, 2.45) is 11.8 Å². The van der Waals surface area contributed by atoms with E-state index in [1.165, 1.54) is 38.5 Å². The lowest BCUT2D eigenvalue weighted by Gasteiger charge is -2.30. The summed E-state index contributed by atoms with van der Waals surface area (Å²) in [4.78, 5) is 0. The minimum atomic E-state index is 0.351. The topological polar surface area (TPSA) is 32.3 Å². The van der Waals surface area contributed by atoms with Gasteiger partial charge in [0.2, 0.25) is 0 Å². The summed E-state index contributed by atoms with van der Waals surface area (Å²) >= 11 is 0. The minimum absolute atomic E-state index is 0.351. The van der Waals surface area contributed by atoms with Crippen molar-refractivity contribution in [1.29, 1.82) is 0 Å². The van der Waals surface area contributed by atoms with Crippen LogP contribution in [0.25, 0.3) is 0 Å². The second-order valence-electron chi connectivity index (χ2n) is 5.66. The monoisotopic (exact) mass is 231 g/mol. The van der Waals surface area contributed by atoms with Gasteiger partial charge in [-0.1, -0.05) is 18.9 Å². The smallest absolute Gasteiger partial charge is 0.117 e. The Hall–Kier alpha value is -1.18. The minimum Gasteiger partial charge on any atom is -0.508 e. The highest BCUT2D eigenvalue weighted by Crippen LogP contribution is 2.44. The second kappa shape index (κ2) is 4.59. The molecule has 3 rings (SSSR count). The number of nitrogens with one attached hydrogen (secondary N) is 1. The van der Waals surface area contributed by atoms with Crippen molar-refractivity contribution in [1.82, 2.24) is 0 Å².